The number of aryl methyl sites for hydroxylation is 3. The topological polar surface area (TPSA) is 50.1 Å². The highest BCUT2D eigenvalue weighted by Gasteiger charge is 2.32. The van der Waals surface area contributed by atoms with E-state index < -0.39 is 0 Å². The highest BCUT2D eigenvalue weighted by molar-refractivity contribution is 7.07. The number of hydrogen-bond donors (Lipinski definition) is 1. The van der Waals surface area contributed by atoms with Crippen LogP contribution < -0.4 is 14.9 Å². The summed E-state index contributed by atoms with van der Waals surface area (Å²) in [6.07, 6.45) is 3.70. The summed E-state index contributed by atoms with van der Waals surface area (Å²) in [5.74, 6) is -0.294. The maximum Gasteiger partial charge on any atom is 0.271 e. The van der Waals surface area contributed by atoms with Crippen molar-refractivity contribution in [3.8, 4) is 11.3 Å². The molecule has 1 atom stereocenters. The lowest BCUT2D eigenvalue weighted by molar-refractivity contribution is 0.581. The van der Waals surface area contributed by atoms with Gasteiger partial charge in [-0.05, 0) is 78.8 Å². The van der Waals surface area contributed by atoms with Crippen molar-refractivity contribution in [2.45, 2.75) is 32.7 Å². The zero-order chi connectivity index (χ0) is 29.2. The van der Waals surface area contributed by atoms with Crippen LogP contribution >= 0.6 is 11.3 Å². The van der Waals surface area contributed by atoms with Gasteiger partial charge in [0.25, 0.3) is 5.56 Å². The van der Waals surface area contributed by atoms with E-state index in [0.29, 0.717) is 9.33 Å². The average molecular weight is 582 g/mol. The largest absolute Gasteiger partial charge is 0.354 e. The lowest BCUT2D eigenvalue weighted by Crippen LogP contribution is -2.38. The number of hydrogen-bond acceptors (Lipinski definition) is 3. The molecule has 3 heterocycles. The van der Waals surface area contributed by atoms with E-state index in [-0.39, 0.29) is 17.4 Å². The number of H-pyrrole nitrogens is 1. The molecule has 4 nitrogen and oxygen atoms in total. The number of rotatable bonds is 3. The Balaban J connectivity index is 1.41. The van der Waals surface area contributed by atoms with Crippen LogP contribution in [0.15, 0.2) is 106 Å². The van der Waals surface area contributed by atoms with Gasteiger partial charge in [0, 0.05) is 22.0 Å². The smallest absolute Gasteiger partial charge is 0.271 e. The SMILES string of the molecule is Cc1cc(C)c2[nH]c(-c3ccccc3)c(/C=c3/sc4n(c3=O)[C@@H](c3ccc(F)cc3)C3=C(N=4)c4ccccc4CC3)c2c1. The molecule has 210 valence electrons. The summed E-state index contributed by atoms with van der Waals surface area (Å²) < 4.78 is 16.5. The Morgan fingerprint density at radius 2 is 1.72 bits per heavy atom. The summed E-state index contributed by atoms with van der Waals surface area (Å²) in [6.45, 7) is 4.22. The second-order valence-corrected chi connectivity index (χ2v) is 12.5. The molecule has 1 N–H and O–H groups in total. The van der Waals surface area contributed by atoms with Crippen LogP contribution in [0.2, 0.25) is 0 Å². The van der Waals surface area contributed by atoms with Gasteiger partial charge in [-0.2, -0.15) is 0 Å². The Hall–Kier alpha value is -4.81. The van der Waals surface area contributed by atoms with E-state index in [1.807, 2.05) is 34.9 Å². The Morgan fingerprint density at radius 3 is 2.53 bits per heavy atom. The molecular weight excluding hydrogens is 553 g/mol. The zero-order valence-electron chi connectivity index (χ0n) is 23.8. The van der Waals surface area contributed by atoms with Crippen LogP contribution in [0.1, 0.15) is 45.8 Å². The van der Waals surface area contributed by atoms with Gasteiger partial charge < -0.3 is 4.98 Å². The monoisotopic (exact) mass is 581 g/mol. The Kier molecular flexibility index (Phi) is 5.95. The predicted molar refractivity (Wildman–Crippen MR) is 172 cm³/mol. The number of nitrogens with zero attached hydrogens (tertiary/aromatic N) is 2. The first-order chi connectivity index (χ1) is 21.0. The van der Waals surface area contributed by atoms with Crippen molar-refractivity contribution < 1.29 is 4.39 Å². The fourth-order valence-corrected chi connectivity index (χ4v) is 7.74. The third kappa shape index (κ3) is 4.16. The number of fused-ring (bicyclic) bond motifs is 4. The Bertz CT molecular complexity index is 2290. The molecule has 0 radical (unpaired) electrons. The van der Waals surface area contributed by atoms with E-state index in [0.717, 1.165) is 68.5 Å². The highest BCUT2D eigenvalue weighted by atomic mass is 32.1. The quantitative estimate of drug-likeness (QED) is 0.236. The van der Waals surface area contributed by atoms with Crippen molar-refractivity contribution in [1.29, 1.82) is 0 Å². The van der Waals surface area contributed by atoms with Crippen molar-refractivity contribution in [1.82, 2.24) is 9.55 Å². The van der Waals surface area contributed by atoms with E-state index in [1.54, 1.807) is 12.1 Å². The summed E-state index contributed by atoms with van der Waals surface area (Å²) in [4.78, 5) is 23.9. The van der Waals surface area contributed by atoms with Gasteiger partial charge in [-0.15, -0.1) is 0 Å². The fraction of sp³-hybridized carbons (Fsp3) is 0.135. The summed E-state index contributed by atoms with van der Waals surface area (Å²) in [5.41, 5.74) is 11.7. The number of halogens is 1. The molecule has 8 rings (SSSR count). The second kappa shape index (κ2) is 9.89. The van der Waals surface area contributed by atoms with Gasteiger partial charge in [-0.1, -0.05) is 89.7 Å². The van der Waals surface area contributed by atoms with Crippen molar-refractivity contribution in [2.24, 2.45) is 4.99 Å². The van der Waals surface area contributed by atoms with Crippen LogP contribution in [0.3, 0.4) is 0 Å². The lowest BCUT2D eigenvalue weighted by Gasteiger charge is -2.30. The van der Waals surface area contributed by atoms with E-state index in [9.17, 15) is 9.18 Å². The van der Waals surface area contributed by atoms with Gasteiger partial charge in [0.1, 0.15) is 5.82 Å². The number of benzene rings is 4. The first-order valence-corrected chi connectivity index (χ1v) is 15.3. The molecule has 0 spiro atoms. The maximum absolute atomic E-state index is 14.4. The summed E-state index contributed by atoms with van der Waals surface area (Å²) in [6, 6.07) is 29.2. The van der Waals surface area contributed by atoms with E-state index in [2.05, 4.69) is 61.3 Å². The number of aromatic amines is 1. The minimum Gasteiger partial charge on any atom is -0.354 e. The van der Waals surface area contributed by atoms with Crippen molar-refractivity contribution >= 4 is 34.0 Å². The molecule has 0 saturated carbocycles. The summed E-state index contributed by atoms with van der Waals surface area (Å²) in [5, 5.41) is 1.09. The number of nitrogens with one attached hydrogen (secondary N) is 1. The zero-order valence-corrected chi connectivity index (χ0v) is 24.6. The molecule has 2 aliphatic rings. The maximum atomic E-state index is 14.4. The molecule has 0 unspecified atom stereocenters. The Labute approximate surface area is 251 Å². The first kappa shape index (κ1) is 25.9. The van der Waals surface area contributed by atoms with Gasteiger partial charge >= 0.3 is 0 Å². The van der Waals surface area contributed by atoms with E-state index >= 15 is 0 Å². The van der Waals surface area contributed by atoms with Crippen molar-refractivity contribution in [3.05, 3.63) is 155 Å². The van der Waals surface area contributed by atoms with Crippen molar-refractivity contribution in [2.75, 3.05) is 0 Å². The first-order valence-electron chi connectivity index (χ1n) is 14.5. The molecule has 43 heavy (non-hydrogen) atoms. The predicted octanol–water partition coefficient (Wildman–Crippen LogP) is 7.22. The van der Waals surface area contributed by atoms with Crippen LogP contribution in [-0.2, 0) is 6.42 Å². The van der Waals surface area contributed by atoms with Crippen LogP contribution in [0.4, 0.5) is 4.39 Å². The van der Waals surface area contributed by atoms with Gasteiger partial charge in [-0.3, -0.25) is 9.36 Å². The Morgan fingerprint density at radius 1 is 0.953 bits per heavy atom. The number of thiazole rings is 1. The van der Waals surface area contributed by atoms with Gasteiger partial charge in [0.15, 0.2) is 4.80 Å². The van der Waals surface area contributed by atoms with Crippen molar-refractivity contribution in [3.63, 3.8) is 0 Å². The summed E-state index contributed by atoms with van der Waals surface area (Å²) in [7, 11) is 0. The second-order valence-electron chi connectivity index (χ2n) is 11.4. The molecule has 4 aromatic carbocycles. The third-order valence-electron chi connectivity index (χ3n) is 8.69. The molecule has 1 aliphatic carbocycles. The lowest BCUT2D eigenvalue weighted by atomic mass is 9.83. The van der Waals surface area contributed by atoms with Crippen LogP contribution in [0.25, 0.3) is 33.9 Å². The molecule has 0 amide bonds. The minimum absolute atomic E-state index is 0.0822. The minimum atomic E-state index is -0.344. The standard InChI is InChI=1S/C37H28FN3OS/c1-21-18-22(2)32-29(19-21)30(33(39-32)24-9-4-3-5-10-24)20-31-36(42)41-35(25-12-15-26(38)16-13-25)28-17-14-23-8-6-7-11-27(23)34(28)40-37(41)43-31/h3-13,15-16,18-20,35,39H,14,17H2,1-2H3/b31-20+/t35-/m0/s1. The summed E-state index contributed by atoms with van der Waals surface area (Å²) >= 11 is 1.42. The fourth-order valence-electron chi connectivity index (χ4n) is 6.75. The molecular formula is C37H28FN3OS. The average Bonchev–Trinajstić information content (AvgIpc) is 3.54. The normalized spacial score (nSPS) is 16.2. The molecule has 0 fully saturated rings. The molecule has 6 heteroatoms. The molecule has 0 bridgehead atoms. The molecule has 0 saturated heterocycles. The van der Waals surface area contributed by atoms with Gasteiger partial charge in [0.2, 0.25) is 0 Å². The molecule has 6 aromatic rings. The van der Waals surface area contributed by atoms with Crippen LogP contribution in [-0.4, -0.2) is 9.55 Å². The van der Waals surface area contributed by atoms with Crippen LogP contribution in [0, 0.1) is 19.7 Å². The van der Waals surface area contributed by atoms with Gasteiger partial charge in [-0.25, -0.2) is 9.38 Å². The van der Waals surface area contributed by atoms with E-state index in [1.165, 1.54) is 34.6 Å². The number of aromatic nitrogens is 2. The molecule has 2 aromatic heterocycles. The highest BCUT2D eigenvalue weighted by Crippen LogP contribution is 2.41. The van der Waals surface area contributed by atoms with E-state index in [4.69, 9.17) is 4.99 Å². The molecule has 1 aliphatic heterocycles. The van der Waals surface area contributed by atoms with Crippen LogP contribution in [0.5, 0.6) is 0 Å². The van der Waals surface area contributed by atoms with Gasteiger partial charge in [0.05, 0.1) is 22.0 Å². The third-order valence-corrected chi connectivity index (χ3v) is 9.67. The number of allylic oxidation sites excluding steroid dienone is 1.